The van der Waals surface area contributed by atoms with Crippen molar-refractivity contribution in [3.05, 3.63) is 0 Å². The molecule has 0 radical (unpaired) electrons. The molecule has 4 aliphatic heterocycles. The minimum atomic E-state index is -0.895. The van der Waals surface area contributed by atoms with E-state index in [4.69, 9.17) is 33.5 Å². The summed E-state index contributed by atoms with van der Waals surface area (Å²) < 4.78 is 30.1. The average molecular weight is 415 g/mol. The third-order valence-corrected chi connectivity index (χ3v) is 7.60. The molecule has 5 rings (SSSR count). The maximum atomic E-state index is 6.56. The summed E-state index contributed by atoms with van der Waals surface area (Å²) in [5.74, 6) is -0.348. The highest BCUT2D eigenvalue weighted by Gasteiger charge is 2.74. The average Bonchev–Trinajstić information content (AvgIpc) is 2.89. The summed E-state index contributed by atoms with van der Waals surface area (Å²) in [5, 5.41) is 0. The monoisotopic (exact) mass is 414 g/mol. The van der Waals surface area contributed by atoms with E-state index in [1.54, 1.807) is 0 Å². The van der Waals surface area contributed by atoms with Gasteiger partial charge in [0.25, 0.3) is 0 Å². The molecule has 5 aliphatic rings. The largest absolute Gasteiger partial charge is 0.379 e. The summed E-state index contributed by atoms with van der Waals surface area (Å²) in [7, 11) is 0. The van der Waals surface area contributed by atoms with E-state index in [0.717, 1.165) is 19.3 Å². The van der Waals surface area contributed by atoms with Crippen LogP contribution in [-0.2, 0) is 33.5 Å². The van der Waals surface area contributed by atoms with Crippen LogP contribution in [0.2, 0.25) is 0 Å². The highest BCUT2D eigenvalue weighted by atomic mass is 17.3. The van der Waals surface area contributed by atoms with E-state index in [1.807, 2.05) is 20.8 Å². The molecule has 0 amide bonds. The molecule has 1 saturated carbocycles. The molecular formula is C22H38O7. The molecule has 0 aromatic rings. The van der Waals surface area contributed by atoms with Crippen molar-refractivity contribution in [3.63, 3.8) is 0 Å². The van der Waals surface area contributed by atoms with Crippen molar-refractivity contribution >= 4 is 0 Å². The number of ether oxygens (including phenoxy) is 5. The van der Waals surface area contributed by atoms with E-state index in [2.05, 4.69) is 13.8 Å². The van der Waals surface area contributed by atoms with Crippen molar-refractivity contribution in [2.24, 2.45) is 23.7 Å². The fourth-order valence-electron chi connectivity index (χ4n) is 6.17. The standard InChI is InChI=1S/C22H38O7/c1-6-23-11-12-24-13-14-25-19-16(3)18-8-7-15(2)17-9-10-20(4)27-21(5,26-19)22(17,18)29-28-20/h15-19H,6-14H2,1-5H3/t15-,16-,17+,18+,19+,20+,21-,22-/m1/s1. The smallest absolute Gasteiger partial charge is 0.204 e. The van der Waals surface area contributed by atoms with Crippen LogP contribution in [0.1, 0.15) is 60.3 Å². The van der Waals surface area contributed by atoms with Crippen molar-refractivity contribution < 1.29 is 33.5 Å². The molecule has 8 atom stereocenters. The third kappa shape index (κ3) is 3.67. The molecule has 0 aromatic carbocycles. The molecule has 0 N–H and O–H groups in total. The van der Waals surface area contributed by atoms with Crippen LogP contribution in [0.5, 0.6) is 0 Å². The molecule has 5 fully saturated rings. The van der Waals surface area contributed by atoms with Gasteiger partial charge in [0.1, 0.15) is 0 Å². The Balaban J connectivity index is 1.47. The predicted molar refractivity (Wildman–Crippen MR) is 105 cm³/mol. The van der Waals surface area contributed by atoms with Crippen molar-refractivity contribution in [1.29, 1.82) is 0 Å². The molecule has 2 bridgehead atoms. The Morgan fingerprint density at radius 3 is 2.45 bits per heavy atom. The first kappa shape index (κ1) is 21.9. The van der Waals surface area contributed by atoms with Crippen LogP contribution in [-0.4, -0.2) is 56.5 Å². The fraction of sp³-hybridized carbons (Fsp3) is 1.00. The quantitative estimate of drug-likeness (QED) is 0.444. The van der Waals surface area contributed by atoms with Crippen molar-refractivity contribution in [3.8, 4) is 0 Å². The minimum absolute atomic E-state index is 0.177. The Labute approximate surface area is 174 Å². The molecular weight excluding hydrogens is 376 g/mol. The van der Waals surface area contributed by atoms with Crippen LogP contribution in [0.3, 0.4) is 0 Å². The summed E-state index contributed by atoms with van der Waals surface area (Å²) in [6.07, 6.45) is 3.73. The first-order valence-corrected chi connectivity index (χ1v) is 11.4. The van der Waals surface area contributed by atoms with Gasteiger partial charge in [0.05, 0.1) is 26.4 Å². The second-order valence-corrected chi connectivity index (χ2v) is 9.47. The van der Waals surface area contributed by atoms with Gasteiger partial charge in [-0.25, -0.2) is 9.78 Å². The molecule has 7 heteroatoms. The Morgan fingerprint density at radius 2 is 1.66 bits per heavy atom. The van der Waals surface area contributed by atoms with Gasteiger partial charge >= 0.3 is 0 Å². The second-order valence-electron chi connectivity index (χ2n) is 9.47. The molecule has 1 spiro atoms. The van der Waals surface area contributed by atoms with Gasteiger partial charge in [-0.1, -0.05) is 13.8 Å². The Morgan fingerprint density at radius 1 is 0.897 bits per heavy atom. The number of fused-ring (bicyclic) bond motifs is 2. The summed E-state index contributed by atoms with van der Waals surface area (Å²) in [6, 6.07) is 0. The molecule has 4 heterocycles. The maximum Gasteiger partial charge on any atom is 0.204 e. The Bertz CT molecular complexity index is 573. The molecule has 7 nitrogen and oxygen atoms in total. The molecule has 4 saturated heterocycles. The van der Waals surface area contributed by atoms with Crippen LogP contribution in [0.4, 0.5) is 0 Å². The lowest BCUT2D eigenvalue weighted by Crippen LogP contribution is -2.76. The third-order valence-electron chi connectivity index (χ3n) is 7.60. The first-order valence-electron chi connectivity index (χ1n) is 11.4. The van der Waals surface area contributed by atoms with Crippen molar-refractivity contribution in [1.82, 2.24) is 0 Å². The topological polar surface area (TPSA) is 64.6 Å². The maximum absolute atomic E-state index is 6.56. The molecule has 0 unspecified atom stereocenters. The first-order chi connectivity index (χ1) is 13.9. The van der Waals surface area contributed by atoms with Gasteiger partial charge < -0.3 is 23.7 Å². The summed E-state index contributed by atoms with van der Waals surface area (Å²) in [6.45, 7) is 13.4. The summed E-state index contributed by atoms with van der Waals surface area (Å²) in [5.41, 5.74) is -0.589. The molecule has 1 aliphatic carbocycles. The van der Waals surface area contributed by atoms with E-state index in [-0.39, 0.29) is 18.1 Å². The minimum Gasteiger partial charge on any atom is -0.379 e. The second kappa shape index (κ2) is 8.34. The Kier molecular flexibility index (Phi) is 6.31. The summed E-state index contributed by atoms with van der Waals surface area (Å²) >= 11 is 0. The number of hydrogen-bond acceptors (Lipinski definition) is 7. The zero-order valence-corrected chi connectivity index (χ0v) is 18.6. The van der Waals surface area contributed by atoms with Crippen LogP contribution in [0, 0.1) is 23.7 Å². The SMILES string of the molecule is CCOCCOCCO[C@H]1O[C@]2(C)O[C@]3(C)CC[C@H]4[C@H](C)CC[C@@H]([C@H]1C)[C@]42OO3. The molecule has 29 heavy (non-hydrogen) atoms. The molecule has 0 aromatic heterocycles. The van der Waals surface area contributed by atoms with E-state index >= 15 is 0 Å². The normalized spacial score (nSPS) is 48.9. The van der Waals surface area contributed by atoms with Gasteiger partial charge in [-0.15, -0.1) is 0 Å². The van der Waals surface area contributed by atoms with Gasteiger partial charge in [0.2, 0.25) is 11.6 Å². The summed E-state index contributed by atoms with van der Waals surface area (Å²) in [4.78, 5) is 12.1. The lowest BCUT2D eigenvalue weighted by atomic mass is 9.55. The number of rotatable bonds is 8. The lowest BCUT2D eigenvalue weighted by molar-refractivity contribution is -0.605. The van der Waals surface area contributed by atoms with Crippen LogP contribution < -0.4 is 0 Å². The van der Waals surface area contributed by atoms with Gasteiger partial charge in [-0.2, -0.15) is 0 Å². The van der Waals surface area contributed by atoms with Crippen LogP contribution >= 0.6 is 0 Å². The van der Waals surface area contributed by atoms with Gasteiger partial charge in [0, 0.05) is 24.9 Å². The predicted octanol–water partition coefficient (Wildman–Crippen LogP) is 3.65. The van der Waals surface area contributed by atoms with Gasteiger partial charge in [0.15, 0.2) is 11.9 Å². The zero-order valence-electron chi connectivity index (χ0n) is 18.6. The van der Waals surface area contributed by atoms with E-state index < -0.39 is 17.2 Å². The fourth-order valence-corrected chi connectivity index (χ4v) is 6.17. The molecule has 168 valence electrons. The van der Waals surface area contributed by atoms with Crippen molar-refractivity contribution in [2.75, 3.05) is 33.0 Å². The van der Waals surface area contributed by atoms with Gasteiger partial charge in [-0.3, -0.25) is 0 Å². The van der Waals surface area contributed by atoms with Crippen LogP contribution in [0.25, 0.3) is 0 Å². The zero-order chi connectivity index (χ0) is 20.7. The van der Waals surface area contributed by atoms with E-state index in [0.29, 0.717) is 44.9 Å². The highest BCUT2D eigenvalue weighted by molar-refractivity contribution is 5.13. The number of hydrogen-bond donors (Lipinski definition) is 0. The highest BCUT2D eigenvalue weighted by Crippen LogP contribution is 2.64. The van der Waals surface area contributed by atoms with Crippen LogP contribution in [0.15, 0.2) is 0 Å². The van der Waals surface area contributed by atoms with E-state index in [1.165, 1.54) is 6.42 Å². The van der Waals surface area contributed by atoms with Crippen molar-refractivity contribution in [2.45, 2.75) is 83.8 Å². The van der Waals surface area contributed by atoms with Gasteiger partial charge in [-0.05, 0) is 51.9 Å². The van der Waals surface area contributed by atoms with E-state index in [9.17, 15) is 0 Å². The Hall–Kier alpha value is -0.280. The lowest BCUT2D eigenvalue weighted by Gasteiger charge is -2.64.